The van der Waals surface area contributed by atoms with E-state index in [4.69, 9.17) is 15.6 Å². The number of alkyl halides is 1. The molecule has 1 aliphatic rings. The molecule has 1 saturated heterocycles. The van der Waals surface area contributed by atoms with Gasteiger partial charge in [0.2, 0.25) is 0 Å². The molecule has 0 spiro atoms. The number of hydrogen-bond acceptors (Lipinski definition) is 5. The number of nitrogens with two attached hydrogens (primary N) is 1. The molecule has 21 heavy (non-hydrogen) atoms. The van der Waals surface area contributed by atoms with Gasteiger partial charge in [-0.15, -0.1) is 0 Å². The van der Waals surface area contributed by atoms with Crippen LogP contribution in [0.3, 0.4) is 0 Å². The van der Waals surface area contributed by atoms with E-state index in [0.717, 1.165) is 4.57 Å². The summed E-state index contributed by atoms with van der Waals surface area (Å²) in [6.07, 6.45) is 0.183. The first-order valence-corrected chi connectivity index (χ1v) is 6.25. The Bertz CT molecular complexity index is 642. The quantitative estimate of drug-likeness (QED) is 0.867. The molecule has 1 aromatic rings. The number of aromatic nitrogens is 2. The lowest BCUT2D eigenvalue weighted by atomic mass is 10.1. The number of halogens is 2. The molecular weight excluding hydrogens is 284 g/mol. The molecule has 2 rings (SSSR count). The van der Waals surface area contributed by atoms with E-state index < -0.39 is 30.8 Å². The predicted molar refractivity (Wildman–Crippen MR) is 72.7 cm³/mol. The SMILES string of the molecule is C/C=C\c1cn(C2OC(CO)/C(=C/F)C2F)c(=O)nc1N. The van der Waals surface area contributed by atoms with Gasteiger partial charge in [-0.25, -0.2) is 13.6 Å². The van der Waals surface area contributed by atoms with E-state index in [1.165, 1.54) is 6.20 Å². The molecule has 0 amide bonds. The fraction of sp³-hybridized carbons (Fsp3) is 0.385. The van der Waals surface area contributed by atoms with Crippen molar-refractivity contribution in [2.24, 2.45) is 0 Å². The summed E-state index contributed by atoms with van der Waals surface area (Å²) in [5.74, 6) is 0.00252. The van der Waals surface area contributed by atoms with E-state index in [9.17, 15) is 13.6 Å². The zero-order valence-corrected chi connectivity index (χ0v) is 11.2. The zero-order valence-electron chi connectivity index (χ0n) is 11.2. The molecule has 1 aliphatic heterocycles. The van der Waals surface area contributed by atoms with Crippen LogP contribution >= 0.6 is 0 Å². The molecule has 8 heteroatoms. The maximum Gasteiger partial charge on any atom is 0.351 e. The van der Waals surface area contributed by atoms with Gasteiger partial charge in [-0.1, -0.05) is 12.2 Å². The number of aliphatic hydroxyl groups is 1. The minimum Gasteiger partial charge on any atom is -0.393 e. The first kappa shape index (κ1) is 15.3. The Morgan fingerprint density at radius 3 is 2.86 bits per heavy atom. The summed E-state index contributed by atoms with van der Waals surface area (Å²) in [6, 6.07) is 0. The van der Waals surface area contributed by atoms with Crippen molar-refractivity contribution in [3.05, 3.63) is 40.2 Å². The molecule has 0 bridgehead atoms. The molecule has 0 saturated carbocycles. The highest BCUT2D eigenvalue weighted by Crippen LogP contribution is 2.35. The van der Waals surface area contributed by atoms with Crippen LogP contribution in [0.25, 0.3) is 6.08 Å². The third kappa shape index (κ3) is 2.72. The summed E-state index contributed by atoms with van der Waals surface area (Å²) in [5, 5.41) is 9.07. The van der Waals surface area contributed by atoms with Gasteiger partial charge in [0, 0.05) is 17.3 Å². The summed E-state index contributed by atoms with van der Waals surface area (Å²) in [4.78, 5) is 15.4. The van der Waals surface area contributed by atoms with Gasteiger partial charge < -0.3 is 15.6 Å². The maximum absolute atomic E-state index is 14.2. The largest absolute Gasteiger partial charge is 0.393 e. The van der Waals surface area contributed by atoms with Crippen LogP contribution in [0.2, 0.25) is 0 Å². The van der Waals surface area contributed by atoms with Crippen LogP contribution in [0.4, 0.5) is 14.6 Å². The maximum atomic E-state index is 14.2. The van der Waals surface area contributed by atoms with Gasteiger partial charge in [-0.2, -0.15) is 4.98 Å². The topological polar surface area (TPSA) is 90.4 Å². The molecule has 0 aromatic carbocycles. The normalized spacial score (nSPS) is 27.8. The van der Waals surface area contributed by atoms with E-state index in [2.05, 4.69) is 4.98 Å². The monoisotopic (exact) mass is 299 g/mol. The molecule has 3 atom stereocenters. The number of nitrogen functional groups attached to an aromatic ring is 1. The Morgan fingerprint density at radius 1 is 1.62 bits per heavy atom. The van der Waals surface area contributed by atoms with Crippen LogP contribution in [0.15, 0.2) is 29.0 Å². The third-order valence-corrected chi connectivity index (χ3v) is 3.17. The van der Waals surface area contributed by atoms with Crippen LogP contribution in [-0.2, 0) is 4.74 Å². The first-order chi connectivity index (χ1) is 10.0. The second-order valence-corrected chi connectivity index (χ2v) is 4.48. The molecule has 1 fully saturated rings. The Morgan fingerprint density at radius 2 is 2.33 bits per heavy atom. The van der Waals surface area contributed by atoms with Crippen LogP contribution in [0, 0.1) is 0 Å². The average molecular weight is 299 g/mol. The van der Waals surface area contributed by atoms with Crippen molar-refractivity contribution < 1.29 is 18.6 Å². The Labute approximate surface area is 119 Å². The average Bonchev–Trinajstić information content (AvgIpc) is 2.78. The summed E-state index contributed by atoms with van der Waals surface area (Å²) in [5.41, 5.74) is 4.84. The molecule has 1 aromatic heterocycles. The lowest BCUT2D eigenvalue weighted by Gasteiger charge is -2.16. The fourth-order valence-corrected chi connectivity index (χ4v) is 2.13. The molecule has 114 valence electrons. The number of nitrogens with zero attached hydrogens (tertiary/aromatic N) is 2. The van der Waals surface area contributed by atoms with Crippen molar-refractivity contribution in [1.82, 2.24) is 9.55 Å². The van der Waals surface area contributed by atoms with E-state index in [1.54, 1.807) is 19.1 Å². The zero-order chi connectivity index (χ0) is 15.6. The van der Waals surface area contributed by atoms with Crippen molar-refractivity contribution in [3.63, 3.8) is 0 Å². The number of ether oxygens (including phenoxy) is 1. The van der Waals surface area contributed by atoms with E-state index >= 15 is 0 Å². The lowest BCUT2D eigenvalue weighted by molar-refractivity contribution is -0.0375. The summed E-state index contributed by atoms with van der Waals surface area (Å²) in [6.45, 7) is 1.15. The molecule has 2 heterocycles. The Hall–Kier alpha value is -2.06. The Kier molecular flexibility index (Phi) is 4.49. The molecule has 3 N–H and O–H groups in total. The number of aliphatic hydroxyl groups excluding tert-OH is 1. The van der Waals surface area contributed by atoms with Gasteiger partial charge >= 0.3 is 5.69 Å². The van der Waals surface area contributed by atoms with E-state index in [-0.39, 0.29) is 17.7 Å². The van der Waals surface area contributed by atoms with Gasteiger partial charge in [-0.05, 0) is 6.92 Å². The molecule has 0 radical (unpaired) electrons. The highest BCUT2D eigenvalue weighted by Gasteiger charge is 2.42. The van der Waals surface area contributed by atoms with Crippen LogP contribution < -0.4 is 11.4 Å². The van der Waals surface area contributed by atoms with Crippen molar-refractivity contribution in [2.45, 2.75) is 25.4 Å². The lowest BCUT2D eigenvalue weighted by Crippen LogP contribution is -2.31. The standard InChI is InChI=1S/C13H15F2N3O3/c1-2-3-7-5-18(13(20)17-11(7)16)12-10(15)8(4-14)9(6-19)21-12/h2-5,9-10,12,19H,6H2,1H3,(H2,16,17,20)/b3-2-,8-4-. The van der Waals surface area contributed by atoms with Gasteiger partial charge in [0.1, 0.15) is 11.9 Å². The minimum absolute atomic E-state index is 0.00252. The first-order valence-electron chi connectivity index (χ1n) is 6.25. The van der Waals surface area contributed by atoms with Crippen LogP contribution in [-0.4, -0.2) is 33.5 Å². The Balaban J connectivity index is 2.47. The second-order valence-electron chi connectivity index (χ2n) is 4.48. The predicted octanol–water partition coefficient (Wildman–Crippen LogP) is 0.940. The van der Waals surface area contributed by atoms with Crippen molar-refractivity contribution in [3.8, 4) is 0 Å². The summed E-state index contributed by atoms with van der Waals surface area (Å²) >= 11 is 0. The molecular formula is C13H15F2N3O3. The molecule has 6 nitrogen and oxygen atoms in total. The van der Waals surface area contributed by atoms with Gasteiger partial charge in [0.15, 0.2) is 12.4 Å². The third-order valence-electron chi connectivity index (χ3n) is 3.17. The van der Waals surface area contributed by atoms with E-state index in [1.807, 2.05) is 0 Å². The van der Waals surface area contributed by atoms with Gasteiger partial charge in [0.05, 0.1) is 12.9 Å². The smallest absolute Gasteiger partial charge is 0.351 e. The van der Waals surface area contributed by atoms with Crippen LogP contribution in [0.5, 0.6) is 0 Å². The van der Waals surface area contributed by atoms with Gasteiger partial charge in [0.25, 0.3) is 0 Å². The number of anilines is 1. The van der Waals surface area contributed by atoms with Crippen molar-refractivity contribution in [1.29, 1.82) is 0 Å². The highest BCUT2D eigenvalue weighted by molar-refractivity contribution is 5.59. The van der Waals surface area contributed by atoms with E-state index in [0.29, 0.717) is 5.56 Å². The summed E-state index contributed by atoms with van der Waals surface area (Å²) < 4.78 is 33.0. The van der Waals surface area contributed by atoms with Crippen molar-refractivity contribution >= 4 is 11.9 Å². The van der Waals surface area contributed by atoms with Crippen LogP contribution in [0.1, 0.15) is 18.7 Å². The number of hydrogen-bond donors (Lipinski definition) is 2. The molecule has 3 unspecified atom stereocenters. The highest BCUT2D eigenvalue weighted by atomic mass is 19.1. The second kappa shape index (κ2) is 6.15. The number of rotatable bonds is 3. The van der Waals surface area contributed by atoms with Gasteiger partial charge in [-0.3, -0.25) is 4.57 Å². The summed E-state index contributed by atoms with van der Waals surface area (Å²) in [7, 11) is 0. The number of allylic oxidation sites excluding steroid dienone is 1. The van der Waals surface area contributed by atoms with Crippen molar-refractivity contribution in [2.75, 3.05) is 12.3 Å². The molecule has 0 aliphatic carbocycles. The fourth-order valence-electron chi connectivity index (χ4n) is 2.13. The minimum atomic E-state index is -1.89.